The fourth-order valence-electron chi connectivity index (χ4n) is 2.28. The first kappa shape index (κ1) is 13.1. The van der Waals surface area contributed by atoms with Crippen molar-refractivity contribution in [1.29, 1.82) is 0 Å². The molecule has 0 radical (unpaired) electrons. The molecule has 1 aromatic rings. The van der Waals surface area contributed by atoms with Gasteiger partial charge in [-0.1, -0.05) is 20.8 Å². The molecule has 0 amide bonds. The minimum atomic E-state index is 0.299. The average Bonchev–Trinajstić information content (AvgIpc) is 2.35. The third-order valence-electron chi connectivity index (χ3n) is 3.47. The molecule has 1 aromatic carbocycles. The molecule has 0 saturated carbocycles. The van der Waals surface area contributed by atoms with Crippen LogP contribution in [0, 0.1) is 5.92 Å². The van der Waals surface area contributed by atoms with Crippen molar-refractivity contribution in [2.75, 3.05) is 23.7 Å². The molecule has 3 nitrogen and oxygen atoms in total. The molecule has 1 aliphatic rings. The van der Waals surface area contributed by atoms with E-state index in [2.05, 4.69) is 25.7 Å². The van der Waals surface area contributed by atoms with Gasteiger partial charge in [0.25, 0.3) is 0 Å². The van der Waals surface area contributed by atoms with E-state index < -0.39 is 0 Å². The largest absolute Gasteiger partial charge is 0.486 e. The van der Waals surface area contributed by atoms with E-state index in [1.165, 1.54) is 6.42 Å². The number of anilines is 2. The van der Waals surface area contributed by atoms with Crippen LogP contribution in [0.3, 0.4) is 0 Å². The minimum absolute atomic E-state index is 0.299. The van der Waals surface area contributed by atoms with Gasteiger partial charge in [0, 0.05) is 12.2 Å². The number of ether oxygens (including phenoxy) is 1. The predicted molar refractivity (Wildman–Crippen MR) is 77.2 cm³/mol. The molecule has 0 fully saturated rings. The monoisotopic (exact) mass is 248 g/mol. The smallest absolute Gasteiger partial charge is 0.143 e. The quantitative estimate of drug-likeness (QED) is 0.831. The van der Waals surface area contributed by atoms with Crippen molar-refractivity contribution in [3.05, 3.63) is 18.2 Å². The highest BCUT2D eigenvalue weighted by Crippen LogP contribution is 2.35. The van der Waals surface area contributed by atoms with Gasteiger partial charge in [0.1, 0.15) is 11.9 Å². The number of nitrogens with zero attached hydrogens (tertiary/aromatic N) is 1. The number of fused-ring (bicyclic) bond motifs is 1. The molecule has 2 N–H and O–H groups in total. The van der Waals surface area contributed by atoms with Gasteiger partial charge >= 0.3 is 0 Å². The van der Waals surface area contributed by atoms with Crippen molar-refractivity contribution in [2.24, 2.45) is 5.92 Å². The van der Waals surface area contributed by atoms with Gasteiger partial charge in [-0.15, -0.1) is 0 Å². The van der Waals surface area contributed by atoms with Crippen LogP contribution in [0.5, 0.6) is 5.75 Å². The van der Waals surface area contributed by atoms with Crippen molar-refractivity contribution in [1.82, 2.24) is 0 Å². The zero-order chi connectivity index (χ0) is 13.1. The summed E-state index contributed by atoms with van der Waals surface area (Å²) < 4.78 is 5.98. The molecule has 2 rings (SSSR count). The van der Waals surface area contributed by atoms with Crippen LogP contribution in [0.4, 0.5) is 11.4 Å². The fraction of sp³-hybridized carbons (Fsp3) is 0.600. The van der Waals surface area contributed by atoms with E-state index in [-0.39, 0.29) is 0 Å². The predicted octanol–water partition coefficient (Wildman–Crippen LogP) is 3.29. The summed E-state index contributed by atoms with van der Waals surface area (Å²) in [5.74, 6) is 1.70. The molecule has 0 saturated heterocycles. The molecule has 1 unspecified atom stereocenters. The van der Waals surface area contributed by atoms with Gasteiger partial charge in [-0.3, -0.25) is 0 Å². The molecule has 1 aliphatic heterocycles. The Morgan fingerprint density at radius 3 is 2.89 bits per heavy atom. The number of benzene rings is 1. The number of nitrogens with two attached hydrogens (primary N) is 1. The maximum absolute atomic E-state index is 5.98. The Balaban J connectivity index is 2.20. The average molecular weight is 248 g/mol. The molecule has 0 aromatic heterocycles. The van der Waals surface area contributed by atoms with E-state index in [1.807, 2.05) is 18.2 Å². The van der Waals surface area contributed by atoms with Crippen molar-refractivity contribution in [3.63, 3.8) is 0 Å². The van der Waals surface area contributed by atoms with Crippen LogP contribution in [-0.4, -0.2) is 19.2 Å². The molecule has 100 valence electrons. The normalized spacial score (nSPS) is 18.7. The minimum Gasteiger partial charge on any atom is -0.486 e. The summed E-state index contributed by atoms with van der Waals surface area (Å²) in [4.78, 5) is 2.42. The van der Waals surface area contributed by atoms with Gasteiger partial charge in [-0.2, -0.15) is 0 Å². The number of nitrogen functional groups attached to an aromatic ring is 1. The Hall–Kier alpha value is -1.38. The van der Waals surface area contributed by atoms with Crippen molar-refractivity contribution < 1.29 is 4.74 Å². The first-order valence-corrected chi connectivity index (χ1v) is 6.91. The molecular weight excluding hydrogens is 224 g/mol. The van der Waals surface area contributed by atoms with Crippen molar-refractivity contribution in [3.8, 4) is 5.75 Å². The summed E-state index contributed by atoms with van der Waals surface area (Å²) in [6.07, 6.45) is 2.54. The zero-order valence-corrected chi connectivity index (χ0v) is 11.6. The second-order valence-corrected chi connectivity index (χ2v) is 5.50. The maximum atomic E-state index is 5.98. The second-order valence-electron chi connectivity index (χ2n) is 5.50. The topological polar surface area (TPSA) is 38.5 Å². The van der Waals surface area contributed by atoms with Crippen LogP contribution in [0.1, 0.15) is 33.6 Å². The van der Waals surface area contributed by atoms with Gasteiger partial charge < -0.3 is 15.4 Å². The number of hydrogen-bond acceptors (Lipinski definition) is 3. The van der Waals surface area contributed by atoms with Crippen LogP contribution < -0.4 is 15.4 Å². The Labute approximate surface area is 110 Å². The third kappa shape index (κ3) is 2.89. The lowest BCUT2D eigenvalue weighted by Gasteiger charge is -2.36. The summed E-state index contributed by atoms with van der Waals surface area (Å²) in [6.45, 7) is 8.75. The van der Waals surface area contributed by atoms with Gasteiger partial charge in [-0.05, 0) is 37.0 Å². The van der Waals surface area contributed by atoms with E-state index in [1.54, 1.807) is 0 Å². The lowest BCUT2D eigenvalue weighted by atomic mass is 10.1. The first-order valence-electron chi connectivity index (χ1n) is 6.91. The van der Waals surface area contributed by atoms with Gasteiger partial charge in [0.05, 0.1) is 12.2 Å². The molecule has 3 heteroatoms. The van der Waals surface area contributed by atoms with Crippen LogP contribution in [-0.2, 0) is 0 Å². The molecular formula is C15H24N2O. The van der Waals surface area contributed by atoms with Crippen LogP contribution in [0.25, 0.3) is 0 Å². The van der Waals surface area contributed by atoms with Gasteiger partial charge in [-0.25, -0.2) is 0 Å². The van der Waals surface area contributed by atoms with E-state index in [9.17, 15) is 0 Å². The van der Waals surface area contributed by atoms with Crippen molar-refractivity contribution >= 4 is 11.4 Å². The molecule has 0 aliphatic carbocycles. The Kier molecular flexibility index (Phi) is 4.00. The summed E-state index contributed by atoms with van der Waals surface area (Å²) in [6, 6.07) is 5.94. The zero-order valence-electron chi connectivity index (χ0n) is 11.6. The Morgan fingerprint density at radius 2 is 2.22 bits per heavy atom. The van der Waals surface area contributed by atoms with Crippen LogP contribution in [0.2, 0.25) is 0 Å². The number of hydrogen-bond donors (Lipinski definition) is 1. The second kappa shape index (κ2) is 5.51. The molecule has 1 heterocycles. The number of rotatable bonds is 4. The summed E-state index contributed by atoms with van der Waals surface area (Å²) >= 11 is 0. The Bertz CT molecular complexity index is 403. The van der Waals surface area contributed by atoms with E-state index in [0.29, 0.717) is 6.10 Å². The molecule has 0 spiro atoms. The van der Waals surface area contributed by atoms with E-state index >= 15 is 0 Å². The lowest BCUT2D eigenvalue weighted by Crippen LogP contribution is -2.40. The van der Waals surface area contributed by atoms with Crippen LogP contribution in [0.15, 0.2) is 18.2 Å². The molecule has 0 bridgehead atoms. The maximum Gasteiger partial charge on any atom is 0.143 e. The highest BCUT2D eigenvalue weighted by atomic mass is 16.5. The van der Waals surface area contributed by atoms with Crippen molar-refractivity contribution in [2.45, 2.75) is 39.7 Å². The highest BCUT2D eigenvalue weighted by Gasteiger charge is 2.24. The van der Waals surface area contributed by atoms with E-state index in [0.717, 1.165) is 42.6 Å². The van der Waals surface area contributed by atoms with Gasteiger partial charge in [0.2, 0.25) is 0 Å². The van der Waals surface area contributed by atoms with Crippen LogP contribution >= 0.6 is 0 Å². The summed E-state index contributed by atoms with van der Waals surface area (Å²) in [5.41, 5.74) is 7.85. The Morgan fingerprint density at radius 1 is 1.44 bits per heavy atom. The summed E-state index contributed by atoms with van der Waals surface area (Å²) in [5, 5.41) is 0. The highest BCUT2D eigenvalue weighted by molar-refractivity contribution is 5.66. The van der Waals surface area contributed by atoms with E-state index in [4.69, 9.17) is 10.5 Å². The standard InChI is InChI=1S/C15H24N2O/c1-4-13-10-17(8-7-11(2)3)14-9-12(16)5-6-15(14)18-13/h5-6,9,11,13H,4,7-8,10,16H2,1-3H3. The molecule has 1 atom stereocenters. The first-order chi connectivity index (χ1) is 8.60. The molecule has 18 heavy (non-hydrogen) atoms. The summed E-state index contributed by atoms with van der Waals surface area (Å²) in [7, 11) is 0. The lowest BCUT2D eigenvalue weighted by molar-refractivity contribution is 0.188. The fourth-order valence-corrected chi connectivity index (χ4v) is 2.28. The third-order valence-corrected chi connectivity index (χ3v) is 3.47. The SMILES string of the molecule is CCC1CN(CCC(C)C)c2cc(N)ccc2O1. The van der Waals surface area contributed by atoms with Gasteiger partial charge in [0.15, 0.2) is 0 Å².